The molecule has 1 fully saturated rings. The standard InChI is InChI=1S/C14H30N4.HI/c1-13(2)17(4)10-6-5-9-16-14(15-3)18-11-7-8-12-18;/h13H,5-12H2,1-4H3,(H,15,16);1H. The van der Waals surface area contributed by atoms with Crippen molar-refractivity contribution in [1.82, 2.24) is 15.1 Å². The van der Waals surface area contributed by atoms with Crippen molar-refractivity contribution in [3.05, 3.63) is 0 Å². The van der Waals surface area contributed by atoms with Crippen LogP contribution in [0, 0.1) is 0 Å². The second-order valence-electron chi connectivity index (χ2n) is 5.45. The summed E-state index contributed by atoms with van der Waals surface area (Å²) in [7, 11) is 4.08. The molecule has 0 saturated carbocycles. The molecular formula is C14H31IN4. The highest BCUT2D eigenvalue weighted by Crippen LogP contribution is 2.07. The third kappa shape index (κ3) is 7.34. The summed E-state index contributed by atoms with van der Waals surface area (Å²) in [4.78, 5) is 9.11. The number of unbranched alkanes of at least 4 members (excludes halogenated alkanes) is 1. The molecule has 1 aliphatic rings. The van der Waals surface area contributed by atoms with E-state index in [-0.39, 0.29) is 24.0 Å². The molecule has 1 heterocycles. The lowest BCUT2D eigenvalue weighted by atomic mass is 10.2. The van der Waals surface area contributed by atoms with E-state index >= 15 is 0 Å². The van der Waals surface area contributed by atoms with E-state index in [9.17, 15) is 0 Å². The van der Waals surface area contributed by atoms with Gasteiger partial charge in [-0.25, -0.2) is 0 Å². The van der Waals surface area contributed by atoms with Crippen molar-refractivity contribution in [3.8, 4) is 0 Å². The van der Waals surface area contributed by atoms with Crippen molar-refractivity contribution < 1.29 is 0 Å². The van der Waals surface area contributed by atoms with Gasteiger partial charge in [-0.05, 0) is 53.1 Å². The zero-order chi connectivity index (χ0) is 13.4. The maximum absolute atomic E-state index is 4.35. The Hall–Kier alpha value is -0.0400. The Morgan fingerprint density at radius 2 is 1.89 bits per heavy atom. The minimum atomic E-state index is 0. The van der Waals surface area contributed by atoms with Gasteiger partial charge >= 0.3 is 0 Å². The van der Waals surface area contributed by atoms with Gasteiger partial charge in [0.15, 0.2) is 5.96 Å². The minimum absolute atomic E-state index is 0. The van der Waals surface area contributed by atoms with E-state index in [1.54, 1.807) is 0 Å². The number of rotatable bonds is 6. The Morgan fingerprint density at radius 3 is 2.42 bits per heavy atom. The molecule has 5 heteroatoms. The third-order valence-electron chi connectivity index (χ3n) is 3.72. The van der Waals surface area contributed by atoms with Crippen LogP contribution in [0.15, 0.2) is 4.99 Å². The molecular weight excluding hydrogens is 351 g/mol. The van der Waals surface area contributed by atoms with Gasteiger partial charge in [0.05, 0.1) is 0 Å². The molecule has 114 valence electrons. The Bertz CT molecular complexity index is 250. The third-order valence-corrected chi connectivity index (χ3v) is 3.72. The molecule has 0 bridgehead atoms. The van der Waals surface area contributed by atoms with Crippen LogP contribution in [-0.2, 0) is 0 Å². The molecule has 0 aliphatic carbocycles. The topological polar surface area (TPSA) is 30.9 Å². The number of hydrogen-bond donors (Lipinski definition) is 1. The first-order valence-electron chi connectivity index (χ1n) is 7.31. The van der Waals surface area contributed by atoms with Crippen LogP contribution in [0.3, 0.4) is 0 Å². The predicted molar refractivity (Wildman–Crippen MR) is 94.6 cm³/mol. The molecule has 0 aromatic rings. The summed E-state index contributed by atoms with van der Waals surface area (Å²) < 4.78 is 0. The smallest absolute Gasteiger partial charge is 0.193 e. The maximum atomic E-state index is 4.35. The van der Waals surface area contributed by atoms with E-state index in [2.05, 4.69) is 41.0 Å². The monoisotopic (exact) mass is 382 g/mol. The Morgan fingerprint density at radius 1 is 1.26 bits per heavy atom. The van der Waals surface area contributed by atoms with Crippen LogP contribution in [0.25, 0.3) is 0 Å². The van der Waals surface area contributed by atoms with Crippen molar-refractivity contribution >= 4 is 29.9 Å². The van der Waals surface area contributed by atoms with Crippen molar-refractivity contribution in [2.45, 2.75) is 45.6 Å². The van der Waals surface area contributed by atoms with E-state index in [4.69, 9.17) is 0 Å². The fourth-order valence-electron chi connectivity index (χ4n) is 2.21. The lowest BCUT2D eigenvalue weighted by Gasteiger charge is -2.22. The van der Waals surface area contributed by atoms with E-state index < -0.39 is 0 Å². The first-order valence-corrected chi connectivity index (χ1v) is 7.31. The van der Waals surface area contributed by atoms with Gasteiger partial charge in [-0.2, -0.15) is 0 Å². The van der Waals surface area contributed by atoms with Crippen LogP contribution in [0.4, 0.5) is 0 Å². The van der Waals surface area contributed by atoms with E-state index in [1.165, 1.54) is 32.2 Å². The zero-order valence-electron chi connectivity index (χ0n) is 13.0. The van der Waals surface area contributed by atoms with E-state index in [0.29, 0.717) is 6.04 Å². The summed E-state index contributed by atoms with van der Waals surface area (Å²) in [6, 6.07) is 0.648. The van der Waals surface area contributed by atoms with E-state index in [0.717, 1.165) is 25.6 Å². The lowest BCUT2D eigenvalue weighted by Crippen LogP contribution is -2.40. The normalized spacial score (nSPS) is 16.1. The zero-order valence-corrected chi connectivity index (χ0v) is 15.3. The van der Waals surface area contributed by atoms with Gasteiger partial charge in [-0.3, -0.25) is 4.99 Å². The highest BCUT2D eigenvalue weighted by atomic mass is 127. The molecule has 0 atom stereocenters. The molecule has 0 radical (unpaired) electrons. The number of aliphatic imine (C=N–C) groups is 1. The van der Waals surface area contributed by atoms with Gasteiger partial charge in [-0.15, -0.1) is 24.0 Å². The van der Waals surface area contributed by atoms with Crippen LogP contribution in [-0.4, -0.2) is 62.1 Å². The summed E-state index contributed by atoms with van der Waals surface area (Å²) >= 11 is 0. The van der Waals surface area contributed by atoms with Crippen LogP contribution < -0.4 is 5.32 Å². The minimum Gasteiger partial charge on any atom is -0.356 e. The first kappa shape index (κ1) is 19.0. The highest BCUT2D eigenvalue weighted by Gasteiger charge is 2.14. The molecule has 1 rings (SSSR count). The Kier molecular flexibility index (Phi) is 10.7. The van der Waals surface area contributed by atoms with Crippen molar-refractivity contribution in [3.63, 3.8) is 0 Å². The lowest BCUT2D eigenvalue weighted by molar-refractivity contribution is 0.268. The molecule has 0 spiro atoms. The van der Waals surface area contributed by atoms with Crippen molar-refractivity contribution in [2.24, 2.45) is 4.99 Å². The summed E-state index contributed by atoms with van der Waals surface area (Å²) in [5.74, 6) is 1.09. The van der Waals surface area contributed by atoms with E-state index in [1.807, 2.05) is 7.05 Å². The van der Waals surface area contributed by atoms with Gasteiger partial charge in [-0.1, -0.05) is 0 Å². The van der Waals surface area contributed by atoms with Crippen LogP contribution in [0.5, 0.6) is 0 Å². The van der Waals surface area contributed by atoms with Crippen LogP contribution >= 0.6 is 24.0 Å². The molecule has 0 aromatic heterocycles. The van der Waals surface area contributed by atoms with Gasteiger partial charge in [0.2, 0.25) is 0 Å². The van der Waals surface area contributed by atoms with Crippen LogP contribution in [0.1, 0.15) is 39.5 Å². The second kappa shape index (κ2) is 10.7. The number of nitrogens with one attached hydrogen (secondary N) is 1. The Balaban J connectivity index is 0.00000324. The fourth-order valence-corrected chi connectivity index (χ4v) is 2.21. The van der Waals surface area contributed by atoms with Gasteiger partial charge in [0.25, 0.3) is 0 Å². The Labute approximate surface area is 136 Å². The summed E-state index contributed by atoms with van der Waals surface area (Å²) in [6.07, 6.45) is 5.07. The van der Waals surface area contributed by atoms with Crippen LogP contribution in [0.2, 0.25) is 0 Å². The molecule has 4 nitrogen and oxygen atoms in total. The quantitative estimate of drug-likeness (QED) is 0.331. The summed E-state index contributed by atoms with van der Waals surface area (Å²) in [5.41, 5.74) is 0. The molecule has 1 saturated heterocycles. The number of likely N-dealkylation sites (tertiary alicyclic amines) is 1. The van der Waals surface area contributed by atoms with Gasteiger partial charge in [0.1, 0.15) is 0 Å². The largest absolute Gasteiger partial charge is 0.356 e. The summed E-state index contributed by atoms with van der Waals surface area (Å²) in [5, 5.41) is 3.47. The molecule has 1 aliphatic heterocycles. The maximum Gasteiger partial charge on any atom is 0.193 e. The molecule has 19 heavy (non-hydrogen) atoms. The van der Waals surface area contributed by atoms with Gasteiger partial charge < -0.3 is 15.1 Å². The molecule has 0 unspecified atom stereocenters. The summed E-state index contributed by atoms with van der Waals surface area (Å²) in [6.45, 7) is 9.03. The van der Waals surface area contributed by atoms with Gasteiger partial charge in [0, 0.05) is 32.7 Å². The number of guanidine groups is 1. The van der Waals surface area contributed by atoms with Crippen molar-refractivity contribution in [2.75, 3.05) is 40.3 Å². The molecule has 0 aromatic carbocycles. The molecule has 0 amide bonds. The average Bonchev–Trinajstić information content (AvgIpc) is 2.87. The fraction of sp³-hybridized carbons (Fsp3) is 0.929. The van der Waals surface area contributed by atoms with Crippen molar-refractivity contribution in [1.29, 1.82) is 0 Å². The molecule has 1 N–H and O–H groups in total. The predicted octanol–water partition coefficient (Wildman–Crippen LogP) is 2.40. The number of halogens is 1. The number of nitrogens with zero attached hydrogens (tertiary/aromatic N) is 3. The SMILES string of the molecule is CN=C(NCCCCN(C)C(C)C)N1CCCC1.I. The average molecular weight is 382 g/mol. The second-order valence-corrected chi connectivity index (χ2v) is 5.45. The number of hydrogen-bond acceptors (Lipinski definition) is 2. The highest BCUT2D eigenvalue weighted by molar-refractivity contribution is 14.0. The first-order chi connectivity index (χ1) is 8.65.